The van der Waals surface area contributed by atoms with Crippen LogP contribution in [0.3, 0.4) is 0 Å². The number of anilines is 1. The molecule has 0 fully saturated rings. The van der Waals surface area contributed by atoms with Gasteiger partial charge in [-0.2, -0.15) is 0 Å². The van der Waals surface area contributed by atoms with Gasteiger partial charge in [0.2, 0.25) is 0 Å². The van der Waals surface area contributed by atoms with Gasteiger partial charge >= 0.3 is 0 Å². The van der Waals surface area contributed by atoms with E-state index in [-0.39, 0.29) is 0 Å². The third-order valence-corrected chi connectivity index (χ3v) is 4.60. The first-order chi connectivity index (χ1) is 11.3. The van der Waals surface area contributed by atoms with Crippen LogP contribution < -0.4 is 4.90 Å². The van der Waals surface area contributed by atoms with Crippen molar-refractivity contribution in [2.24, 2.45) is 0 Å². The van der Waals surface area contributed by atoms with Crippen LogP contribution in [0.1, 0.15) is 22.8 Å². The lowest BCUT2D eigenvalue weighted by molar-refractivity contribution is 0.255. The second kappa shape index (κ2) is 6.16. The zero-order chi connectivity index (χ0) is 15.6. The highest BCUT2D eigenvalue weighted by Crippen LogP contribution is 2.26. The first kappa shape index (κ1) is 14.5. The number of hydrogen-bond acceptors (Lipinski definition) is 5. The largest absolute Gasteiger partial charge is 0.468 e. The van der Waals surface area contributed by atoms with E-state index in [1.54, 1.807) is 6.26 Å². The van der Waals surface area contributed by atoms with Gasteiger partial charge in [0.05, 0.1) is 18.5 Å². The van der Waals surface area contributed by atoms with E-state index < -0.39 is 0 Å². The van der Waals surface area contributed by atoms with E-state index in [9.17, 15) is 0 Å². The summed E-state index contributed by atoms with van der Waals surface area (Å²) < 4.78 is 5.49. The fourth-order valence-corrected chi connectivity index (χ4v) is 3.44. The minimum absolute atomic E-state index is 0.869. The Morgan fingerprint density at radius 1 is 1.13 bits per heavy atom. The van der Waals surface area contributed by atoms with Gasteiger partial charge in [-0.15, -0.1) is 0 Å². The topological polar surface area (TPSA) is 45.4 Å². The summed E-state index contributed by atoms with van der Waals surface area (Å²) in [6.45, 7) is 6.82. The van der Waals surface area contributed by atoms with Gasteiger partial charge in [-0.05, 0) is 25.5 Å². The number of aromatic nitrogens is 2. The van der Waals surface area contributed by atoms with Crippen LogP contribution in [-0.2, 0) is 19.4 Å². The van der Waals surface area contributed by atoms with Crippen molar-refractivity contribution in [1.29, 1.82) is 0 Å². The van der Waals surface area contributed by atoms with Gasteiger partial charge in [-0.25, -0.2) is 9.97 Å². The molecule has 4 rings (SSSR count). The third kappa shape index (κ3) is 3.01. The first-order valence-corrected chi connectivity index (χ1v) is 8.30. The van der Waals surface area contributed by atoms with Crippen LogP contribution >= 0.6 is 0 Å². The molecular weight excluding hydrogens is 288 g/mol. The Kier molecular flexibility index (Phi) is 3.87. The zero-order valence-corrected chi connectivity index (χ0v) is 13.5. The van der Waals surface area contributed by atoms with E-state index in [1.165, 1.54) is 11.3 Å². The lowest BCUT2D eigenvalue weighted by Crippen LogP contribution is -2.26. The Balaban J connectivity index is 1.56. The molecule has 0 aliphatic carbocycles. The average molecular weight is 310 g/mol. The summed E-state index contributed by atoms with van der Waals surface area (Å²) in [4.78, 5) is 14.3. The summed E-state index contributed by atoms with van der Waals surface area (Å²) in [5.74, 6) is 3.05. The van der Waals surface area contributed by atoms with Gasteiger partial charge < -0.3 is 9.32 Å². The summed E-state index contributed by atoms with van der Waals surface area (Å²) in [7, 11) is 0. The second-order valence-electron chi connectivity index (χ2n) is 6.25. The fraction of sp³-hybridized carbons (Fsp3) is 0.444. The van der Waals surface area contributed by atoms with Gasteiger partial charge in [0, 0.05) is 38.2 Å². The molecule has 0 unspecified atom stereocenters. The van der Waals surface area contributed by atoms with Gasteiger partial charge in [0.15, 0.2) is 0 Å². The Morgan fingerprint density at radius 3 is 2.74 bits per heavy atom. The van der Waals surface area contributed by atoms with Crippen LogP contribution in [0.15, 0.2) is 35.0 Å². The third-order valence-electron chi connectivity index (χ3n) is 4.60. The Hall–Kier alpha value is -2.14. The van der Waals surface area contributed by atoms with Crippen LogP contribution in [0.2, 0.25) is 0 Å². The number of aryl methyl sites for hydroxylation is 1. The van der Waals surface area contributed by atoms with E-state index in [1.807, 2.05) is 19.1 Å². The maximum Gasteiger partial charge on any atom is 0.136 e. The van der Waals surface area contributed by atoms with Crippen LogP contribution in [0.5, 0.6) is 0 Å². The van der Waals surface area contributed by atoms with Gasteiger partial charge in [0.1, 0.15) is 17.4 Å². The maximum absolute atomic E-state index is 5.49. The summed E-state index contributed by atoms with van der Waals surface area (Å²) >= 11 is 0. The fourth-order valence-electron chi connectivity index (χ4n) is 3.44. The molecule has 2 aromatic rings. The standard InChI is InChI=1S/C18H22N4O/c1-14-19-17-7-11-21(13-15-5-4-12-23-15)10-6-16(17)18(20-14)22-8-2-3-9-22/h2-5,12H,6-11,13H2,1H3. The molecule has 0 bridgehead atoms. The summed E-state index contributed by atoms with van der Waals surface area (Å²) in [5.41, 5.74) is 2.56. The van der Waals surface area contributed by atoms with Crippen molar-refractivity contribution in [2.45, 2.75) is 26.3 Å². The molecule has 2 aromatic heterocycles. The van der Waals surface area contributed by atoms with Crippen molar-refractivity contribution in [2.75, 3.05) is 31.1 Å². The molecule has 0 aromatic carbocycles. The second-order valence-corrected chi connectivity index (χ2v) is 6.25. The van der Waals surface area contributed by atoms with Crippen molar-refractivity contribution < 1.29 is 4.42 Å². The van der Waals surface area contributed by atoms with Crippen LogP contribution in [0, 0.1) is 6.92 Å². The lowest BCUT2D eigenvalue weighted by Gasteiger charge is -2.21. The molecular formula is C18H22N4O. The first-order valence-electron chi connectivity index (χ1n) is 8.30. The quantitative estimate of drug-likeness (QED) is 0.814. The zero-order valence-electron chi connectivity index (χ0n) is 13.5. The van der Waals surface area contributed by atoms with Gasteiger partial charge in [0.25, 0.3) is 0 Å². The summed E-state index contributed by atoms with van der Waals surface area (Å²) in [6, 6.07) is 4.00. The minimum Gasteiger partial charge on any atom is -0.468 e. The number of hydrogen-bond donors (Lipinski definition) is 0. The van der Waals surface area contributed by atoms with Crippen molar-refractivity contribution >= 4 is 5.82 Å². The van der Waals surface area contributed by atoms with E-state index in [0.717, 1.165) is 63.0 Å². The smallest absolute Gasteiger partial charge is 0.136 e. The molecule has 0 spiro atoms. The lowest BCUT2D eigenvalue weighted by atomic mass is 10.1. The molecule has 0 amide bonds. The molecule has 2 aliphatic rings. The van der Waals surface area contributed by atoms with E-state index in [0.29, 0.717) is 0 Å². The Morgan fingerprint density at radius 2 is 1.96 bits per heavy atom. The van der Waals surface area contributed by atoms with Crippen molar-refractivity contribution in [3.63, 3.8) is 0 Å². The molecule has 23 heavy (non-hydrogen) atoms. The number of furan rings is 1. The minimum atomic E-state index is 0.869. The average Bonchev–Trinajstić information content (AvgIpc) is 3.20. The molecule has 5 nitrogen and oxygen atoms in total. The molecule has 120 valence electrons. The number of nitrogens with zero attached hydrogens (tertiary/aromatic N) is 4. The normalized spacial score (nSPS) is 18.2. The summed E-state index contributed by atoms with van der Waals surface area (Å²) in [6.07, 6.45) is 8.15. The van der Waals surface area contributed by atoms with Gasteiger partial charge in [-0.3, -0.25) is 4.90 Å². The van der Waals surface area contributed by atoms with Crippen LogP contribution in [-0.4, -0.2) is 41.0 Å². The SMILES string of the molecule is Cc1nc2c(c(N3CC=CC3)n1)CCN(Cc1ccco1)CC2. The van der Waals surface area contributed by atoms with Crippen LogP contribution in [0.4, 0.5) is 5.82 Å². The molecule has 0 saturated carbocycles. The van der Waals surface area contributed by atoms with Crippen molar-refractivity contribution in [3.8, 4) is 0 Å². The van der Waals surface area contributed by atoms with E-state index in [4.69, 9.17) is 14.4 Å². The van der Waals surface area contributed by atoms with Gasteiger partial charge in [-0.1, -0.05) is 12.2 Å². The van der Waals surface area contributed by atoms with Crippen molar-refractivity contribution in [1.82, 2.24) is 14.9 Å². The van der Waals surface area contributed by atoms with Crippen LogP contribution in [0.25, 0.3) is 0 Å². The highest BCUT2D eigenvalue weighted by atomic mass is 16.3. The number of fused-ring (bicyclic) bond motifs is 1. The predicted octanol–water partition coefficient (Wildman–Crippen LogP) is 2.36. The molecule has 0 N–H and O–H groups in total. The predicted molar refractivity (Wildman–Crippen MR) is 89.5 cm³/mol. The molecule has 0 radical (unpaired) electrons. The van der Waals surface area contributed by atoms with E-state index >= 15 is 0 Å². The molecule has 0 saturated heterocycles. The molecule has 0 atom stereocenters. The molecule has 4 heterocycles. The Labute approximate surface area is 136 Å². The summed E-state index contributed by atoms with van der Waals surface area (Å²) in [5, 5.41) is 0. The highest BCUT2D eigenvalue weighted by molar-refractivity contribution is 5.52. The monoisotopic (exact) mass is 310 g/mol. The highest BCUT2D eigenvalue weighted by Gasteiger charge is 2.23. The Bertz CT molecular complexity index is 700. The molecule has 2 aliphatic heterocycles. The van der Waals surface area contributed by atoms with Crippen molar-refractivity contribution in [3.05, 3.63) is 53.4 Å². The maximum atomic E-state index is 5.49. The number of rotatable bonds is 3. The molecule has 5 heteroatoms. The van der Waals surface area contributed by atoms with E-state index in [2.05, 4.69) is 22.0 Å².